The number of methoxy groups -OCH3 is 1. The van der Waals surface area contributed by atoms with Crippen molar-refractivity contribution >= 4 is 27.4 Å². The van der Waals surface area contributed by atoms with E-state index in [-0.39, 0.29) is 5.82 Å². The van der Waals surface area contributed by atoms with Gasteiger partial charge in [-0.25, -0.2) is 14.4 Å². The van der Waals surface area contributed by atoms with Crippen molar-refractivity contribution in [2.75, 3.05) is 25.6 Å². The summed E-state index contributed by atoms with van der Waals surface area (Å²) in [7, 11) is 1.67. The van der Waals surface area contributed by atoms with E-state index in [9.17, 15) is 4.39 Å². The van der Waals surface area contributed by atoms with Gasteiger partial charge in [-0.15, -0.1) is 11.3 Å². The molecule has 3 rings (SSSR count). The molecule has 1 N–H and O–H groups in total. The second-order valence-electron chi connectivity index (χ2n) is 5.26. The fourth-order valence-electron chi connectivity index (χ4n) is 2.58. The number of hydrogen-bond acceptors (Lipinski definition) is 5. The minimum atomic E-state index is -0.239. The normalized spacial score (nSPS) is 11.1. The van der Waals surface area contributed by atoms with Gasteiger partial charge in [-0.2, -0.15) is 0 Å². The van der Waals surface area contributed by atoms with Crippen LogP contribution >= 0.6 is 11.3 Å². The summed E-state index contributed by atoms with van der Waals surface area (Å²) in [5.74, 6) is 1.29. The van der Waals surface area contributed by atoms with Crippen LogP contribution in [0.4, 0.5) is 10.2 Å². The first-order valence-corrected chi connectivity index (χ1v) is 8.18. The Bertz CT molecular complexity index is 830. The topological polar surface area (TPSA) is 47.0 Å². The minimum absolute atomic E-state index is 0.239. The number of nitrogens with one attached hydrogen (secondary N) is 1. The molecule has 120 valence electrons. The molecular formula is C17H18FN3OS. The maximum atomic E-state index is 13.2. The lowest BCUT2D eigenvalue weighted by Gasteiger charge is -2.09. The largest absolute Gasteiger partial charge is 0.383 e. The van der Waals surface area contributed by atoms with Crippen LogP contribution < -0.4 is 5.32 Å². The third-order valence-electron chi connectivity index (χ3n) is 3.57. The molecule has 0 atom stereocenters. The molecule has 1 aromatic carbocycles. The molecule has 0 spiro atoms. The molecule has 0 amide bonds. The lowest BCUT2D eigenvalue weighted by Crippen LogP contribution is -2.10. The van der Waals surface area contributed by atoms with Crippen molar-refractivity contribution in [3.8, 4) is 11.1 Å². The Hall–Kier alpha value is -2.05. The molecule has 4 nitrogen and oxygen atoms in total. The first kappa shape index (κ1) is 15.8. The van der Waals surface area contributed by atoms with Gasteiger partial charge >= 0.3 is 0 Å². The average molecular weight is 331 g/mol. The summed E-state index contributed by atoms with van der Waals surface area (Å²) in [5, 5.41) is 4.31. The van der Waals surface area contributed by atoms with Crippen LogP contribution in [-0.2, 0) is 4.74 Å². The Morgan fingerprint density at radius 1 is 1.17 bits per heavy atom. The minimum Gasteiger partial charge on any atom is -0.383 e. The highest BCUT2D eigenvalue weighted by Crippen LogP contribution is 2.40. The molecule has 6 heteroatoms. The summed E-state index contributed by atoms with van der Waals surface area (Å²) >= 11 is 1.63. The lowest BCUT2D eigenvalue weighted by atomic mass is 10.0. The van der Waals surface area contributed by atoms with Gasteiger partial charge in [-0.3, -0.25) is 0 Å². The standard InChI is InChI=1S/C17H18FN3OS/c1-10-14(12-4-6-13(18)7-5-12)15-16(19-8-9-22-3)20-11(2)21-17(15)23-10/h4-7H,8-9H2,1-3H3,(H,19,20,21). The third-order valence-corrected chi connectivity index (χ3v) is 4.57. The van der Waals surface area contributed by atoms with E-state index in [0.29, 0.717) is 13.2 Å². The number of fused-ring (bicyclic) bond motifs is 1. The molecule has 0 aliphatic heterocycles. The SMILES string of the molecule is COCCNc1nc(C)nc2sc(C)c(-c3ccc(F)cc3)c12. The number of benzene rings is 1. The summed E-state index contributed by atoms with van der Waals surface area (Å²) in [6, 6.07) is 6.54. The van der Waals surface area contributed by atoms with Gasteiger partial charge in [0.05, 0.1) is 12.0 Å². The highest BCUT2D eigenvalue weighted by molar-refractivity contribution is 7.19. The van der Waals surface area contributed by atoms with E-state index in [0.717, 1.165) is 37.9 Å². The van der Waals surface area contributed by atoms with E-state index in [1.165, 1.54) is 12.1 Å². The molecule has 0 saturated heterocycles. The second-order valence-corrected chi connectivity index (χ2v) is 6.46. The molecule has 0 radical (unpaired) electrons. The van der Waals surface area contributed by atoms with Crippen LogP contribution in [0.3, 0.4) is 0 Å². The van der Waals surface area contributed by atoms with E-state index < -0.39 is 0 Å². The second kappa shape index (κ2) is 6.60. The lowest BCUT2D eigenvalue weighted by molar-refractivity contribution is 0.210. The fraction of sp³-hybridized carbons (Fsp3) is 0.294. The van der Waals surface area contributed by atoms with Gasteiger partial charge in [0.2, 0.25) is 0 Å². The van der Waals surface area contributed by atoms with Crippen molar-refractivity contribution in [3.05, 3.63) is 40.8 Å². The van der Waals surface area contributed by atoms with E-state index in [1.807, 2.05) is 6.92 Å². The predicted octanol–water partition coefficient (Wildman–Crippen LogP) is 4.17. The molecule has 3 aromatic rings. The Morgan fingerprint density at radius 3 is 2.61 bits per heavy atom. The zero-order chi connectivity index (χ0) is 16.4. The van der Waals surface area contributed by atoms with Crippen molar-refractivity contribution in [2.45, 2.75) is 13.8 Å². The van der Waals surface area contributed by atoms with Gasteiger partial charge in [-0.05, 0) is 31.5 Å². The van der Waals surface area contributed by atoms with Crippen molar-refractivity contribution < 1.29 is 9.13 Å². The van der Waals surface area contributed by atoms with Crippen molar-refractivity contribution in [3.63, 3.8) is 0 Å². The summed E-state index contributed by atoms with van der Waals surface area (Å²) in [4.78, 5) is 11.2. The van der Waals surface area contributed by atoms with Gasteiger partial charge in [0.1, 0.15) is 22.3 Å². The first-order chi connectivity index (χ1) is 11.1. The summed E-state index contributed by atoms with van der Waals surface area (Å²) in [6.07, 6.45) is 0. The maximum Gasteiger partial charge on any atom is 0.139 e. The van der Waals surface area contributed by atoms with Gasteiger partial charge in [-0.1, -0.05) is 12.1 Å². The summed E-state index contributed by atoms with van der Waals surface area (Å²) in [6.45, 7) is 5.20. The van der Waals surface area contributed by atoms with Gasteiger partial charge in [0.25, 0.3) is 0 Å². The van der Waals surface area contributed by atoms with Crippen LogP contribution in [0.5, 0.6) is 0 Å². The average Bonchev–Trinajstić information content (AvgIpc) is 2.84. The molecule has 0 aliphatic rings. The molecule has 23 heavy (non-hydrogen) atoms. The number of aryl methyl sites for hydroxylation is 2. The van der Waals surface area contributed by atoms with Crippen LogP contribution in [0, 0.1) is 19.7 Å². The van der Waals surface area contributed by atoms with Crippen LogP contribution in [0.2, 0.25) is 0 Å². The zero-order valence-corrected chi connectivity index (χ0v) is 14.1. The molecule has 2 aromatic heterocycles. The zero-order valence-electron chi connectivity index (χ0n) is 13.3. The van der Waals surface area contributed by atoms with Crippen LogP contribution in [0.25, 0.3) is 21.3 Å². The maximum absolute atomic E-state index is 13.2. The molecule has 0 aliphatic carbocycles. The Morgan fingerprint density at radius 2 is 1.91 bits per heavy atom. The number of anilines is 1. The molecule has 0 saturated carbocycles. The molecular weight excluding hydrogens is 313 g/mol. The number of halogens is 1. The fourth-order valence-corrected chi connectivity index (χ4v) is 3.67. The van der Waals surface area contributed by atoms with Crippen LogP contribution in [0.15, 0.2) is 24.3 Å². The van der Waals surface area contributed by atoms with Gasteiger partial charge in [0.15, 0.2) is 0 Å². The predicted molar refractivity (Wildman–Crippen MR) is 92.6 cm³/mol. The van der Waals surface area contributed by atoms with Crippen molar-refractivity contribution in [1.82, 2.24) is 9.97 Å². The van der Waals surface area contributed by atoms with E-state index in [2.05, 4.69) is 22.2 Å². The van der Waals surface area contributed by atoms with E-state index >= 15 is 0 Å². The Kier molecular flexibility index (Phi) is 4.54. The highest BCUT2D eigenvalue weighted by Gasteiger charge is 2.17. The van der Waals surface area contributed by atoms with Gasteiger partial charge in [0, 0.05) is 24.1 Å². The van der Waals surface area contributed by atoms with Crippen molar-refractivity contribution in [2.24, 2.45) is 0 Å². The quantitative estimate of drug-likeness (QED) is 0.713. The number of hydrogen-bond donors (Lipinski definition) is 1. The summed E-state index contributed by atoms with van der Waals surface area (Å²) < 4.78 is 18.3. The van der Waals surface area contributed by atoms with E-state index in [1.54, 1.807) is 30.6 Å². The van der Waals surface area contributed by atoms with Crippen LogP contribution in [0.1, 0.15) is 10.7 Å². The smallest absolute Gasteiger partial charge is 0.139 e. The monoisotopic (exact) mass is 331 g/mol. The number of rotatable bonds is 5. The van der Waals surface area contributed by atoms with Gasteiger partial charge < -0.3 is 10.1 Å². The molecule has 0 fully saturated rings. The Balaban J connectivity index is 2.16. The van der Waals surface area contributed by atoms with Crippen molar-refractivity contribution in [1.29, 1.82) is 0 Å². The number of aromatic nitrogens is 2. The van der Waals surface area contributed by atoms with E-state index in [4.69, 9.17) is 4.74 Å². The molecule has 0 bridgehead atoms. The first-order valence-electron chi connectivity index (χ1n) is 7.36. The molecule has 2 heterocycles. The number of thiophene rings is 1. The Labute approximate surface area is 138 Å². The van der Waals surface area contributed by atoms with Crippen LogP contribution in [-0.4, -0.2) is 30.2 Å². The highest BCUT2D eigenvalue weighted by atomic mass is 32.1. The molecule has 0 unspecified atom stereocenters. The number of ether oxygens (including phenoxy) is 1. The third kappa shape index (κ3) is 3.18. The summed E-state index contributed by atoms with van der Waals surface area (Å²) in [5.41, 5.74) is 2.03. The number of nitrogens with zero attached hydrogens (tertiary/aromatic N) is 2.